The van der Waals surface area contributed by atoms with Crippen molar-refractivity contribution < 1.29 is 9.84 Å². The molecule has 1 aromatic heterocycles. The molecule has 0 fully saturated rings. The largest absolute Gasteiger partial charge is 0.390 e. The van der Waals surface area contributed by atoms with E-state index in [0.717, 1.165) is 16.6 Å². The van der Waals surface area contributed by atoms with E-state index in [9.17, 15) is 5.11 Å². The van der Waals surface area contributed by atoms with E-state index in [1.54, 1.807) is 6.20 Å². The SMILES string of the molecule is CCOC(C)(CC)C(O)Cc1ccc(Br)cn1. The molecule has 4 heteroatoms. The molecule has 2 unspecified atom stereocenters. The van der Waals surface area contributed by atoms with Gasteiger partial charge >= 0.3 is 0 Å². The highest BCUT2D eigenvalue weighted by atomic mass is 79.9. The zero-order valence-electron chi connectivity index (χ0n) is 10.6. The van der Waals surface area contributed by atoms with E-state index < -0.39 is 11.7 Å². The van der Waals surface area contributed by atoms with Crippen LogP contribution in [0.2, 0.25) is 0 Å². The van der Waals surface area contributed by atoms with Gasteiger partial charge in [0.2, 0.25) is 0 Å². The maximum Gasteiger partial charge on any atom is 0.0913 e. The highest BCUT2D eigenvalue weighted by molar-refractivity contribution is 9.10. The van der Waals surface area contributed by atoms with Crippen molar-refractivity contribution in [3.63, 3.8) is 0 Å². The van der Waals surface area contributed by atoms with Crippen LogP contribution in [0.15, 0.2) is 22.8 Å². The van der Waals surface area contributed by atoms with Gasteiger partial charge in [0.05, 0.1) is 11.7 Å². The molecular formula is C13H20BrNO2. The average Bonchev–Trinajstić information content (AvgIpc) is 2.32. The van der Waals surface area contributed by atoms with Crippen LogP contribution in [0.1, 0.15) is 32.9 Å². The number of aliphatic hydroxyl groups excluding tert-OH is 1. The van der Waals surface area contributed by atoms with Gasteiger partial charge in [0.1, 0.15) is 0 Å². The second kappa shape index (κ2) is 6.47. The number of rotatable bonds is 6. The van der Waals surface area contributed by atoms with Crippen LogP contribution in [0.3, 0.4) is 0 Å². The minimum Gasteiger partial charge on any atom is -0.390 e. The summed E-state index contributed by atoms with van der Waals surface area (Å²) in [5, 5.41) is 10.2. The van der Waals surface area contributed by atoms with Gasteiger partial charge in [-0.15, -0.1) is 0 Å². The predicted octanol–water partition coefficient (Wildman–Crippen LogP) is 2.95. The third kappa shape index (κ3) is 4.05. The molecular weight excluding hydrogens is 282 g/mol. The molecule has 1 N–H and O–H groups in total. The van der Waals surface area contributed by atoms with Crippen molar-refractivity contribution in [2.24, 2.45) is 0 Å². The number of ether oxygens (including phenoxy) is 1. The summed E-state index contributed by atoms with van der Waals surface area (Å²) in [4.78, 5) is 4.26. The van der Waals surface area contributed by atoms with Crippen LogP contribution in [-0.2, 0) is 11.2 Å². The van der Waals surface area contributed by atoms with Crippen LogP contribution in [0, 0.1) is 0 Å². The molecule has 3 nitrogen and oxygen atoms in total. The lowest BCUT2D eigenvalue weighted by Crippen LogP contribution is -2.43. The summed E-state index contributed by atoms with van der Waals surface area (Å²) in [5.41, 5.74) is 0.379. The van der Waals surface area contributed by atoms with Crippen molar-refractivity contribution in [2.45, 2.75) is 45.3 Å². The van der Waals surface area contributed by atoms with E-state index in [4.69, 9.17) is 4.74 Å². The minimum atomic E-state index is -0.541. The first-order valence-electron chi connectivity index (χ1n) is 5.94. The molecule has 0 aliphatic carbocycles. The number of aromatic nitrogens is 1. The molecule has 0 spiro atoms. The van der Waals surface area contributed by atoms with Gasteiger partial charge in [-0.1, -0.05) is 6.92 Å². The van der Waals surface area contributed by atoms with E-state index in [1.807, 2.05) is 32.9 Å². The topological polar surface area (TPSA) is 42.4 Å². The van der Waals surface area contributed by atoms with Crippen molar-refractivity contribution in [1.82, 2.24) is 4.98 Å². The Balaban J connectivity index is 2.69. The molecule has 1 rings (SSSR count). The van der Waals surface area contributed by atoms with Crippen molar-refractivity contribution in [2.75, 3.05) is 6.61 Å². The summed E-state index contributed by atoms with van der Waals surface area (Å²) in [6.45, 7) is 6.52. The smallest absolute Gasteiger partial charge is 0.0913 e. The van der Waals surface area contributed by atoms with E-state index in [0.29, 0.717) is 13.0 Å². The average molecular weight is 302 g/mol. The van der Waals surface area contributed by atoms with Gasteiger partial charge in [-0.3, -0.25) is 4.98 Å². The number of pyridine rings is 1. The zero-order chi connectivity index (χ0) is 12.9. The van der Waals surface area contributed by atoms with Crippen LogP contribution < -0.4 is 0 Å². The van der Waals surface area contributed by atoms with Gasteiger partial charge in [0.25, 0.3) is 0 Å². The highest BCUT2D eigenvalue weighted by Crippen LogP contribution is 2.23. The first kappa shape index (κ1) is 14.6. The maximum absolute atomic E-state index is 10.2. The van der Waals surface area contributed by atoms with Crippen molar-refractivity contribution in [3.8, 4) is 0 Å². The normalized spacial score (nSPS) is 16.5. The summed E-state index contributed by atoms with van der Waals surface area (Å²) in [5.74, 6) is 0. The minimum absolute atomic E-state index is 0.497. The molecule has 2 atom stereocenters. The Morgan fingerprint density at radius 3 is 2.65 bits per heavy atom. The van der Waals surface area contributed by atoms with Crippen molar-refractivity contribution in [3.05, 3.63) is 28.5 Å². The second-order valence-electron chi connectivity index (χ2n) is 4.29. The predicted molar refractivity (Wildman–Crippen MR) is 72.0 cm³/mol. The second-order valence-corrected chi connectivity index (χ2v) is 5.20. The third-order valence-electron chi connectivity index (χ3n) is 3.07. The Bertz CT molecular complexity index is 342. The lowest BCUT2D eigenvalue weighted by atomic mass is 9.92. The molecule has 0 aliphatic heterocycles. The molecule has 0 aromatic carbocycles. The fourth-order valence-electron chi connectivity index (χ4n) is 1.70. The molecule has 0 saturated carbocycles. The number of hydrogen-bond donors (Lipinski definition) is 1. The summed E-state index contributed by atoms with van der Waals surface area (Å²) in [6, 6.07) is 3.84. The number of nitrogens with zero attached hydrogens (tertiary/aromatic N) is 1. The standard InChI is InChI=1S/C13H20BrNO2/c1-4-13(3,17-5-2)12(16)8-11-7-6-10(14)9-15-11/h6-7,9,12,16H,4-5,8H2,1-3H3. The zero-order valence-corrected chi connectivity index (χ0v) is 12.2. The van der Waals surface area contributed by atoms with Crippen LogP contribution in [0.4, 0.5) is 0 Å². The summed E-state index contributed by atoms with van der Waals surface area (Å²) in [7, 11) is 0. The monoisotopic (exact) mass is 301 g/mol. The molecule has 17 heavy (non-hydrogen) atoms. The van der Waals surface area contributed by atoms with Gasteiger partial charge in [-0.25, -0.2) is 0 Å². The Morgan fingerprint density at radius 1 is 1.47 bits per heavy atom. The van der Waals surface area contributed by atoms with E-state index in [2.05, 4.69) is 20.9 Å². The number of halogens is 1. The van der Waals surface area contributed by atoms with Crippen LogP contribution in [0.25, 0.3) is 0 Å². The lowest BCUT2D eigenvalue weighted by molar-refractivity contribution is -0.110. The van der Waals surface area contributed by atoms with Crippen LogP contribution in [-0.4, -0.2) is 28.4 Å². The molecule has 96 valence electrons. The summed E-state index contributed by atoms with van der Waals surface area (Å²) >= 11 is 3.34. The van der Waals surface area contributed by atoms with E-state index in [-0.39, 0.29) is 0 Å². The summed E-state index contributed by atoms with van der Waals surface area (Å²) in [6.07, 6.45) is 2.49. The number of hydrogen-bond acceptors (Lipinski definition) is 3. The Morgan fingerprint density at radius 2 is 2.18 bits per heavy atom. The Labute approximate surface area is 111 Å². The molecule has 0 amide bonds. The molecule has 0 aliphatic rings. The molecule has 1 aromatic rings. The summed E-state index contributed by atoms with van der Waals surface area (Å²) < 4.78 is 6.59. The third-order valence-corrected chi connectivity index (χ3v) is 3.54. The number of aliphatic hydroxyl groups is 1. The van der Waals surface area contributed by atoms with E-state index in [1.165, 1.54) is 0 Å². The fraction of sp³-hybridized carbons (Fsp3) is 0.615. The molecule has 0 radical (unpaired) electrons. The Hall–Kier alpha value is -0.450. The van der Waals surface area contributed by atoms with Crippen LogP contribution in [0.5, 0.6) is 0 Å². The molecule has 0 saturated heterocycles. The molecule has 1 heterocycles. The lowest BCUT2D eigenvalue weighted by Gasteiger charge is -2.33. The van der Waals surface area contributed by atoms with Gasteiger partial charge in [-0.05, 0) is 48.3 Å². The van der Waals surface area contributed by atoms with Crippen molar-refractivity contribution in [1.29, 1.82) is 0 Å². The van der Waals surface area contributed by atoms with Gasteiger partial charge < -0.3 is 9.84 Å². The van der Waals surface area contributed by atoms with E-state index >= 15 is 0 Å². The van der Waals surface area contributed by atoms with Gasteiger partial charge in [-0.2, -0.15) is 0 Å². The fourth-order valence-corrected chi connectivity index (χ4v) is 1.94. The highest BCUT2D eigenvalue weighted by Gasteiger charge is 2.32. The first-order valence-corrected chi connectivity index (χ1v) is 6.73. The maximum atomic E-state index is 10.2. The first-order chi connectivity index (χ1) is 8.01. The van der Waals surface area contributed by atoms with Gasteiger partial charge in [0.15, 0.2) is 0 Å². The van der Waals surface area contributed by atoms with Crippen LogP contribution >= 0.6 is 15.9 Å². The quantitative estimate of drug-likeness (QED) is 0.878. The molecule has 0 bridgehead atoms. The van der Waals surface area contributed by atoms with Crippen molar-refractivity contribution >= 4 is 15.9 Å². The Kier molecular flexibility index (Phi) is 5.56. The van der Waals surface area contributed by atoms with Gasteiger partial charge in [0, 0.05) is 29.4 Å².